The van der Waals surface area contributed by atoms with Crippen molar-refractivity contribution < 1.29 is 0 Å². The highest BCUT2D eigenvalue weighted by molar-refractivity contribution is 9.10. The highest BCUT2D eigenvalue weighted by Gasteiger charge is 2.10. The Kier molecular flexibility index (Phi) is 2.41. The van der Waals surface area contributed by atoms with E-state index in [-0.39, 0.29) is 11.2 Å². The number of aromatic amines is 3. The first-order valence-corrected chi connectivity index (χ1v) is 5.91. The van der Waals surface area contributed by atoms with Crippen LogP contribution < -0.4 is 11.2 Å². The average molecular weight is 307 g/mol. The minimum atomic E-state index is -0.572. The van der Waals surface area contributed by atoms with Gasteiger partial charge in [0.2, 0.25) is 0 Å². The normalized spacial score (nSPS) is 10.9. The lowest BCUT2D eigenvalue weighted by atomic mass is 10.2. The van der Waals surface area contributed by atoms with Gasteiger partial charge in [-0.3, -0.25) is 14.8 Å². The van der Waals surface area contributed by atoms with Crippen LogP contribution in [-0.2, 0) is 0 Å². The minimum absolute atomic E-state index is 0.245. The number of halogens is 1. The van der Waals surface area contributed by atoms with Gasteiger partial charge in [-0.25, -0.2) is 9.78 Å². The zero-order valence-electron chi connectivity index (χ0n) is 8.95. The molecule has 0 aliphatic carbocycles. The molecule has 0 unspecified atom stereocenters. The van der Waals surface area contributed by atoms with Crippen molar-refractivity contribution in [1.29, 1.82) is 0 Å². The summed E-state index contributed by atoms with van der Waals surface area (Å²) in [6.45, 7) is 0. The van der Waals surface area contributed by atoms with Crippen LogP contribution in [0.1, 0.15) is 0 Å². The van der Waals surface area contributed by atoms with Crippen molar-refractivity contribution in [3.8, 4) is 11.4 Å². The highest BCUT2D eigenvalue weighted by Crippen LogP contribution is 2.25. The fourth-order valence-corrected chi connectivity index (χ4v) is 2.19. The third-order valence-corrected chi connectivity index (χ3v) is 3.21. The molecule has 0 aliphatic heterocycles. The number of imidazole rings is 1. The van der Waals surface area contributed by atoms with Crippen molar-refractivity contribution in [3.63, 3.8) is 0 Å². The monoisotopic (exact) mass is 306 g/mol. The summed E-state index contributed by atoms with van der Waals surface area (Å²) in [4.78, 5) is 34.4. The Hall–Kier alpha value is -2.15. The van der Waals surface area contributed by atoms with Gasteiger partial charge in [0.05, 0.1) is 0 Å². The maximum absolute atomic E-state index is 11.6. The summed E-state index contributed by atoms with van der Waals surface area (Å²) in [7, 11) is 0. The predicted molar refractivity (Wildman–Crippen MR) is 70.5 cm³/mol. The number of nitrogens with one attached hydrogen (secondary N) is 3. The maximum atomic E-state index is 11.6. The summed E-state index contributed by atoms with van der Waals surface area (Å²) in [6, 6.07) is 7.47. The molecule has 6 nitrogen and oxygen atoms in total. The van der Waals surface area contributed by atoms with Crippen LogP contribution in [0.3, 0.4) is 0 Å². The first kappa shape index (κ1) is 11.0. The van der Waals surface area contributed by atoms with E-state index >= 15 is 0 Å². The molecule has 0 amide bonds. The summed E-state index contributed by atoms with van der Waals surface area (Å²) >= 11 is 3.41. The lowest BCUT2D eigenvalue weighted by molar-refractivity contribution is 1.07. The van der Waals surface area contributed by atoms with Gasteiger partial charge in [0.25, 0.3) is 5.56 Å². The fraction of sp³-hybridized carbons (Fsp3) is 0. The highest BCUT2D eigenvalue weighted by atomic mass is 79.9. The molecule has 2 heterocycles. The Labute approximate surface area is 108 Å². The van der Waals surface area contributed by atoms with Crippen LogP contribution in [0.25, 0.3) is 22.6 Å². The van der Waals surface area contributed by atoms with Gasteiger partial charge in [-0.2, -0.15) is 0 Å². The molecule has 0 atom stereocenters. The Bertz CT molecular complexity index is 846. The van der Waals surface area contributed by atoms with Crippen molar-refractivity contribution in [2.24, 2.45) is 0 Å². The summed E-state index contributed by atoms with van der Waals surface area (Å²) in [5.41, 5.74) is 0.251. The van der Waals surface area contributed by atoms with Gasteiger partial charge in [0, 0.05) is 10.0 Å². The molecule has 0 radical (unpaired) electrons. The molecular weight excluding hydrogens is 300 g/mol. The van der Waals surface area contributed by atoms with E-state index in [1.165, 1.54) is 0 Å². The van der Waals surface area contributed by atoms with Crippen molar-refractivity contribution >= 4 is 27.1 Å². The van der Waals surface area contributed by atoms with Crippen molar-refractivity contribution in [3.05, 3.63) is 49.6 Å². The standard InChI is InChI=1S/C11H7BrN4O2/c12-6-4-2-1-3-5(6)8-13-7-9(14-8)15-11(18)16-10(7)17/h1-4H,(H3,13,14,15,16,17,18). The van der Waals surface area contributed by atoms with E-state index in [2.05, 4.69) is 35.9 Å². The SMILES string of the molecule is O=c1[nH]c(=O)c2[nH]c(-c3ccccc3Br)nc2[nH]1. The number of fused-ring (bicyclic) bond motifs is 1. The fourth-order valence-electron chi connectivity index (χ4n) is 1.71. The second-order valence-electron chi connectivity index (χ2n) is 3.70. The molecule has 90 valence electrons. The van der Waals surface area contributed by atoms with Crippen LogP contribution in [0.15, 0.2) is 38.3 Å². The number of benzene rings is 1. The molecule has 0 fully saturated rings. The predicted octanol–water partition coefficient (Wildman–Crippen LogP) is 1.37. The van der Waals surface area contributed by atoms with E-state index in [0.717, 1.165) is 10.0 Å². The third kappa shape index (κ3) is 1.68. The number of hydrogen-bond donors (Lipinski definition) is 3. The van der Waals surface area contributed by atoms with Crippen LogP contribution in [0.4, 0.5) is 0 Å². The van der Waals surface area contributed by atoms with Gasteiger partial charge in [0.15, 0.2) is 5.65 Å². The molecule has 1 aromatic carbocycles. The van der Waals surface area contributed by atoms with Crippen LogP contribution in [0.2, 0.25) is 0 Å². The Morgan fingerprint density at radius 2 is 1.83 bits per heavy atom. The summed E-state index contributed by atoms with van der Waals surface area (Å²) in [6.07, 6.45) is 0. The number of hydrogen-bond acceptors (Lipinski definition) is 3. The zero-order chi connectivity index (χ0) is 12.7. The van der Waals surface area contributed by atoms with Crippen molar-refractivity contribution in [2.45, 2.75) is 0 Å². The lowest BCUT2D eigenvalue weighted by Crippen LogP contribution is -2.21. The van der Waals surface area contributed by atoms with Crippen molar-refractivity contribution in [2.75, 3.05) is 0 Å². The van der Waals surface area contributed by atoms with Gasteiger partial charge in [-0.05, 0) is 6.07 Å². The molecule has 0 aliphatic rings. The van der Waals surface area contributed by atoms with E-state index in [4.69, 9.17) is 0 Å². The smallest absolute Gasteiger partial charge is 0.327 e. The molecule has 0 bridgehead atoms. The number of aromatic nitrogens is 4. The second-order valence-corrected chi connectivity index (χ2v) is 4.55. The van der Waals surface area contributed by atoms with Gasteiger partial charge >= 0.3 is 5.69 Å². The van der Waals surface area contributed by atoms with Gasteiger partial charge in [-0.15, -0.1) is 0 Å². The van der Waals surface area contributed by atoms with Crippen LogP contribution in [-0.4, -0.2) is 19.9 Å². The number of rotatable bonds is 1. The van der Waals surface area contributed by atoms with Crippen LogP contribution in [0.5, 0.6) is 0 Å². The summed E-state index contributed by atoms with van der Waals surface area (Å²) in [5.74, 6) is 0.518. The van der Waals surface area contributed by atoms with E-state index < -0.39 is 11.2 Å². The Morgan fingerprint density at radius 1 is 1.06 bits per heavy atom. The first-order valence-electron chi connectivity index (χ1n) is 5.12. The molecule has 0 spiro atoms. The Balaban J connectivity index is 2.33. The van der Waals surface area contributed by atoms with Gasteiger partial charge in [-0.1, -0.05) is 34.1 Å². The molecule has 2 aromatic heterocycles. The molecule has 18 heavy (non-hydrogen) atoms. The van der Waals surface area contributed by atoms with Crippen molar-refractivity contribution in [1.82, 2.24) is 19.9 Å². The molecule has 0 saturated carbocycles. The molecule has 3 N–H and O–H groups in total. The van der Waals surface area contributed by atoms with Crippen LogP contribution >= 0.6 is 15.9 Å². The van der Waals surface area contributed by atoms with E-state index in [1.807, 2.05) is 24.3 Å². The van der Waals surface area contributed by atoms with E-state index in [1.54, 1.807) is 0 Å². The zero-order valence-corrected chi connectivity index (χ0v) is 10.5. The molecule has 3 rings (SSSR count). The Morgan fingerprint density at radius 3 is 2.61 bits per heavy atom. The summed E-state index contributed by atoms with van der Waals surface area (Å²) in [5, 5.41) is 0. The minimum Gasteiger partial charge on any atom is -0.332 e. The molecule has 7 heteroatoms. The molecule has 3 aromatic rings. The van der Waals surface area contributed by atoms with Gasteiger partial charge in [0.1, 0.15) is 11.3 Å². The first-order chi connectivity index (χ1) is 8.65. The quantitative estimate of drug-likeness (QED) is 0.633. The molecule has 0 saturated heterocycles. The summed E-state index contributed by atoms with van der Waals surface area (Å²) < 4.78 is 0.850. The van der Waals surface area contributed by atoms with Gasteiger partial charge < -0.3 is 4.98 Å². The maximum Gasteiger partial charge on any atom is 0.327 e. The average Bonchev–Trinajstić information content (AvgIpc) is 2.73. The number of H-pyrrole nitrogens is 3. The lowest BCUT2D eigenvalue weighted by Gasteiger charge is -1.98. The largest absolute Gasteiger partial charge is 0.332 e. The molecular formula is C11H7BrN4O2. The second kappa shape index (κ2) is 3.95. The van der Waals surface area contributed by atoms with Crippen LogP contribution in [0, 0.1) is 0 Å². The topological polar surface area (TPSA) is 94.4 Å². The van der Waals surface area contributed by atoms with E-state index in [9.17, 15) is 9.59 Å². The third-order valence-electron chi connectivity index (χ3n) is 2.52. The van der Waals surface area contributed by atoms with E-state index in [0.29, 0.717) is 5.82 Å². The number of nitrogens with zero attached hydrogens (tertiary/aromatic N) is 1.